The second kappa shape index (κ2) is 17.2. The van der Waals surface area contributed by atoms with Crippen LogP contribution in [-0.4, -0.2) is 94.7 Å². The van der Waals surface area contributed by atoms with E-state index in [1.54, 1.807) is 0 Å². The summed E-state index contributed by atoms with van der Waals surface area (Å²) >= 11 is 0. The van der Waals surface area contributed by atoms with Crippen LogP contribution in [0, 0.1) is 57.2 Å². The first-order valence-electron chi connectivity index (χ1n) is 25.1. The minimum absolute atomic E-state index is 0.128. The minimum atomic E-state index is -0.145. The average Bonchev–Trinajstić information content (AvgIpc) is 3.71. The molecule has 0 spiro atoms. The SMILES string of the molecule is N=C1N(CC(=O)Nc2ccc(NC(=O)CN3C[C@H](Cc4ccccc4)N(CCC45CC6CC(CC(C6)C4)C5)C3=N)cc2)C[C@H](Cc2ccccc2)N1CCC12CC3CC(CC(C3)C1)C2. The largest absolute Gasteiger partial charge is 0.338 e. The van der Waals surface area contributed by atoms with Crippen LogP contribution in [0.25, 0.3) is 0 Å². The van der Waals surface area contributed by atoms with Gasteiger partial charge in [-0.1, -0.05) is 60.7 Å². The van der Waals surface area contributed by atoms with E-state index in [0.717, 1.165) is 74.3 Å². The Morgan fingerprint density at radius 2 is 0.828 bits per heavy atom. The van der Waals surface area contributed by atoms with Crippen molar-refractivity contribution in [2.24, 2.45) is 46.3 Å². The maximum atomic E-state index is 13.6. The molecular formula is C54H70N8O2. The quantitative estimate of drug-likeness (QED) is 0.114. The number of rotatable bonds is 16. The maximum Gasteiger partial charge on any atom is 0.244 e. The number of carbonyl (C=O) groups excluding carboxylic acids is 2. The van der Waals surface area contributed by atoms with Crippen molar-refractivity contribution in [2.75, 3.05) is 49.9 Å². The predicted octanol–water partition coefficient (Wildman–Crippen LogP) is 9.10. The fourth-order valence-electron chi connectivity index (χ4n) is 15.9. The van der Waals surface area contributed by atoms with E-state index < -0.39 is 0 Å². The molecule has 10 heteroatoms. The second-order valence-electron chi connectivity index (χ2n) is 22.5. The zero-order valence-electron chi connectivity index (χ0n) is 37.9. The number of nitrogens with zero attached hydrogens (tertiary/aromatic N) is 4. The third-order valence-electron chi connectivity index (χ3n) is 17.7. The monoisotopic (exact) mass is 863 g/mol. The van der Waals surface area contributed by atoms with Crippen molar-refractivity contribution in [2.45, 2.75) is 115 Å². The highest BCUT2D eigenvalue weighted by Gasteiger charge is 2.52. The standard InChI is InChI=1S/C54H70N8O2/c55-51-59(33-47(25-37-7-3-1-4-8-37)61(51)17-15-53-27-39-19-40(28-53)21-41(20-39)29-53)35-49(63)57-45-11-13-46(14-12-45)58-50(64)36-60-34-48(26-38-9-5-2-6-10-38)62(52(60)56)18-16-54-30-42-22-43(31-54)24-44(23-42)32-54/h1-14,39-44,47-48,55-56H,15-36H2,(H,57,63)(H,58,64)/t39?,40?,41?,42?,43?,44?,47-,48-,53?,54?/m0/s1. The van der Waals surface area contributed by atoms with Gasteiger partial charge in [0.1, 0.15) is 13.1 Å². The molecule has 2 heterocycles. The van der Waals surface area contributed by atoms with Crippen molar-refractivity contribution in [3.63, 3.8) is 0 Å². The molecule has 4 N–H and O–H groups in total. The van der Waals surface area contributed by atoms with Crippen molar-refractivity contribution in [3.8, 4) is 0 Å². The first kappa shape index (κ1) is 41.8. The average molecular weight is 863 g/mol. The molecule has 8 aliphatic carbocycles. The van der Waals surface area contributed by atoms with Gasteiger partial charge in [0.2, 0.25) is 11.8 Å². The molecule has 3 aromatic carbocycles. The molecule has 10 nitrogen and oxygen atoms in total. The van der Waals surface area contributed by atoms with Crippen molar-refractivity contribution >= 4 is 35.1 Å². The summed E-state index contributed by atoms with van der Waals surface area (Å²) in [7, 11) is 0. The van der Waals surface area contributed by atoms with Crippen molar-refractivity contribution < 1.29 is 9.59 Å². The van der Waals surface area contributed by atoms with E-state index in [1.807, 2.05) is 34.1 Å². The zero-order valence-corrected chi connectivity index (χ0v) is 37.9. The maximum absolute atomic E-state index is 13.6. The van der Waals surface area contributed by atoms with Gasteiger partial charge in [-0.3, -0.25) is 20.4 Å². The molecule has 2 saturated heterocycles. The molecule has 8 saturated carbocycles. The zero-order chi connectivity index (χ0) is 43.4. The number of carbonyl (C=O) groups is 2. The summed E-state index contributed by atoms with van der Waals surface area (Å²) in [6, 6.07) is 28.9. The van der Waals surface area contributed by atoms with E-state index in [0.29, 0.717) is 47.2 Å². The van der Waals surface area contributed by atoms with Crippen molar-refractivity contribution in [1.29, 1.82) is 10.8 Å². The van der Waals surface area contributed by atoms with Crippen molar-refractivity contribution in [1.82, 2.24) is 19.6 Å². The lowest BCUT2D eigenvalue weighted by atomic mass is 9.49. The van der Waals surface area contributed by atoms with E-state index in [4.69, 9.17) is 0 Å². The van der Waals surface area contributed by atoms with Gasteiger partial charge in [-0.15, -0.1) is 0 Å². The van der Waals surface area contributed by atoms with Crippen LogP contribution in [-0.2, 0) is 22.4 Å². The third kappa shape index (κ3) is 8.79. The molecule has 2 atom stereocenters. The highest BCUT2D eigenvalue weighted by Crippen LogP contribution is 2.62. The van der Waals surface area contributed by atoms with Crippen molar-refractivity contribution in [3.05, 3.63) is 96.1 Å². The number of nitrogens with one attached hydrogen (secondary N) is 4. The molecule has 0 aromatic heterocycles. The fraction of sp³-hybridized carbons (Fsp3) is 0.593. The molecule has 3 aromatic rings. The first-order chi connectivity index (χ1) is 31.1. The Morgan fingerprint density at radius 1 is 0.500 bits per heavy atom. The van der Waals surface area contributed by atoms with E-state index in [9.17, 15) is 20.4 Å². The summed E-state index contributed by atoms with van der Waals surface area (Å²) in [5.41, 5.74) is 4.75. The molecule has 8 bridgehead atoms. The van der Waals surface area contributed by atoms with E-state index in [1.165, 1.54) is 88.2 Å². The normalized spacial score (nSPS) is 33.4. The molecule has 2 amide bonds. The number of hydrogen-bond donors (Lipinski definition) is 4. The number of guanidine groups is 2. The van der Waals surface area contributed by atoms with Crippen LogP contribution < -0.4 is 10.6 Å². The third-order valence-corrected chi connectivity index (χ3v) is 17.7. The van der Waals surface area contributed by atoms with Gasteiger partial charge in [-0.05, 0) is 184 Å². The molecule has 338 valence electrons. The fourth-order valence-corrected chi connectivity index (χ4v) is 15.9. The summed E-state index contributed by atoms with van der Waals surface area (Å²) in [4.78, 5) is 35.7. The Kier molecular flexibility index (Phi) is 11.2. The van der Waals surface area contributed by atoms with Crippen LogP contribution >= 0.6 is 0 Å². The summed E-state index contributed by atoms with van der Waals surface area (Å²) in [5, 5.41) is 24.8. The smallest absolute Gasteiger partial charge is 0.244 e. The number of anilines is 2. The minimum Gasteiger partial charge on any atom is -0.338 e. The molecule has 2 aliphatic heterocycles. The molecular weight excluding hydrogens is 793 g/mol. The van der Waals surface area contributed by atoms with E-state index in [-0.39, 0.29) is 37.0 Å². The molecule has 10 fully saturated rings. The van der Waals surface area contributed by atoms with Gasteiger partial charge >= 0.3 is 0 Å². The first-order valence-corrected chi connectivity index (χ1v) is 25.1. The summed E-state index contributed by atoms with van der Waals surface area (Å²) in [6.07, 6.45) is 20.9. The van der Waals surface area contributed by atoms with E-state index >= 15 is 0 Å². The topological polar surface area (TPSA) is 119 Å². The van der Waals surface area contributed by atoms with Gasteiger partial charge in [0.25, 0.3) is 0 Å². The Labute approximate surface area is 380 Å². The molecule has 64 heavy (non-hydrogen) atoms. The van der Waals surface area contributed by atoms with Gasteiger partial charge in [-0.2, -0.15) is 0 Å². The number of benzene rings is 3. The number of amides is 2. The van der Waals surface area contributed by atoms with Gasteiger partial charge < -0.3 is 30.2 Å². The van der Waals surface area contributed by atoms with Crippen LogP contribution in [0.3, 0.4) is 0 Å². The summed E-state index contributed by atoms with van der Waals surface area (Å²) in [5.74, 6) is 6.13. The Balaban J connectivity index is 0.687. The number of hydrogen-bond acceptors (Lipinski definition) is 4. The highest BCUT2D eigenvalue weighted by molar-refractivity contribution is 5.97. The Hall–Kier alpha value is -4.86. The van der Waals surface area contributed by atoms with Crippen LogP contribution in [0.2, 0.25) is 0 Å². The Bertz CT molecular complexity index is 1970. The van der Waals surface area contributed by atoms with E-state index in [2.05, 4.69) is 81.1 Å². The predicted molar refractivity (Wildman–Crippen MR) is 254 cm³/mol. The molecule has 0 unspecified atom stereocenters. The second-order valence-corrected chi connectivity index (χ2v) is 22.5. The molecule has 0 radical (unpaired) electrons. The van der Waals surface area contributed by atoms with Gasteiger partial charge in [0, 0.05) is 37.6 Å². The summed E-state index contributed by atoms with van der Waals surface area (Å²) in [6.45, 7) is 3.36. The van der Waals surface area contributed by atoms with Crippen LogP contribution in [0.4, 0.5) is 11.4 Å². The van der Waals surface area contributed by atoms with Gasteiger partial charge in [0.05, 0.1) is 12.1 Å². The Morgan fingerprint density at radius 3 is 1.16 bits per heavy atom. The molecule has 13 rings (SSSR count). The summed E-state index contributed by atoms with van der Waals surface area (Å²) < 4.78 is 0. The van der Waals surface area contributed by atoms with Crippen LogP contribution in [0.15, 0.2) is 84.9 Å². The van der Waals surface area contributed by atoms with Crippen LogP contribution in [0.5, 0.6) is 0 Å². The highest BCUT2D eigenvalue weighted by atomic mass is 16.2. The molecule has 10 aliphatic rings. The lowest BCUT2D eigenvalue weighted by Crippen LogP contribution is -2.48. The van der Waals surface area contributed by atoms with Gasteiger partial charge in [0.15, 0.2) is 11.9 Å². The van der Waals surface area contributed by atoms with Crippen LogP contribution in [0.1, 0.15) is 101 Å². The van der Waals surface area contributed by atoms with Gasteiger partial charge in [-0.25, -0.2) is 0 Å². The lowest BCUT2D eigenvalue weighted by molar-refractivity contribution is -0.117. The lowest BCUT2D eigenvalue weighted by Gasteiger charge is -2.57.